The van der Waals surface area contributed by atoms with Crippen LogP contribution in [0.25, 0.3) is 10.2 Å². The molecule has 30 heavy (non-hydrogen) atoms. The van der Waals surface area contributed by atoms with E-state index in [4.69, 9.17) is 9.97 Å². The minimum Gasteiger partial charge on any atom is -0.352 e. The first-order valence-corrected chi connectivity index (χ1v) is 12.4. The molecule has 1 saturated carbocycles. The highest BCUT2D eigenvalue weighted by atomic mass is 32.1. The molecule has 1 aliphatic heterocycles. The normalized spacial score (nSPS) is 22.5. The number of rotatable bonds is 3. The van der Waals surface area contributed by atoms with Crippen molar-refractivity contribution in [3.8, 4) is 0 Å². The van der Waals surface area contributed by atoms with Gasteiger partial charge in [-0.1, -0.05) is 27.7 Å². The van der Waals surface area contributed by atoms with Crippen LogP contribution in [0.2, 0.25) is 0 Å². The lowest BCUT2D eigenvalue weighted by Gasteiger charge is -2.37. The Morgan fingerprint density at radius 1 is 1.10 bits per heavy atom. The van der Waals surface area contributed by atoms with Gasteiger partial charge in [-0.05, 0) is 49.0 Å². The van der Waals surface area contributed by atoms with E-state index >= 15 is 0 Å². The maximum atomic E-state index is 12.7. The van der Waals surface area contributed by atoms with Gasteiger partial charge < -0.3 is 9.80 Å². The SMILES string of the molecule is C[C@H]1CCc2c(sc3nc(C4CC4)nc(N4CCN(C(=O)CC(C)(C)C)CC4)c23)C1. The van der Waals surface area contributed by atoms with Crippen molar-refractivity contribution in [2.45, 2.75) is 72.1 Å². The Morgan fingerprint density at radius 2 is 1.83 bits per heavy atom. The maximum absolute atomic E-state index is 12.7. The third kappa shape index (κ3) is 3.95. The molecule has 162 valence electrons. The summed E-state index contributed by atoms with van der Waals surface area (Å²) in [6.07, 6.45) is 6.66. The van der Waals surface area contributed by atoms with Crippen molar-refractivity contribution in [2.75, 3.05) is 31.1 Å². The molecule has 3 heterocycles. The number of aryl methyl sites for hydroxylation is 1. The Morgan fingerprint density at radius 3 is 2.50 bits per heavy atom. The van der Waals surface area contributed by atoms with Crippen LogP contribution in [-0.2, 0) is 17.6 Å². The second-order valence-electron chi connectivity index (χ2n) is 10.8. The van der Waals surface area contributed by atoms with Crippen molar-refractivity contribution in [1.29, 1.82) is 0 Å². The van der Waals surface area contributed by atoms with Crippen LogP contribution in [0.5, 0.6) is 0 Å². The summed E-state index contributed by atoms with van der Waals surface area (Å²) in [5, 5.41) is 1.32. The van der Waals surface area contributed by atoms with Gasteiger partial charge in [0.25, 0.3) is 0 Å². The van der Waals surface area contributed by atoms with Crippen LogP contribution >= 0.6 is 11.3 Å². The Labute approximate surface area is 183 Å². The fourth-order valence-electron chi connectivity index (χ4n) is 4.83. The molecule has 5 nitrogen and oxygen atoms in total. The summed E-state index contributed by atoms with van der Waals surface area (Å²) in [5.74, 6) is 3.81. The minimum atomic E-state index is 0.0408. The summed E-state index contributed by atoms with van der Waals surface area (Å²) in [6, 6.07) is 0. The van der Waals surface area contributed by atoms with Gasteiger partial charge in [0.2, 0.25) is 5.91 Å². The highest BCUT2D eigenvalue weighted by Gasteiger charge is 2.32. The smallest absolute Gasteiger partial charge is 0.223 e. The third-order valence-corrected chi connectivity index (χ3v) is 7.86. The van der Waals surface area contributed by atoms with Crippen molar-refractivity contribution in [2.24, 2.45) is 11.3 Å². The van der Waals surface area contributed by atoms with Gasteiger partial charge in [0, 0.05) is 43.4 Å². The molecule has 0 bridgehead atoms. The average Bonchev–Trinajstić information content (AvgIpc) is 3.47. The number of anilines is 1. The van der Waals surface area contributed by atoms with Gasteiger partial charge in [-0.15, -0.1) is 11.3 Å². The molecule has 2 aliphatic carbocycles. The number of amides is 1. The molecular weight excluding hydrogens is 392 g/mol. The topological polar surface area (TPSA) is 49.3 Å². The van der Waals surface area contributed by atoms with Crippen molar-refractivity contribution in [3.05, 3.63) is 16.3 Å². The van der Waals surface area contributed by atoms with Gasteiger partial charge in [0.05, 0.1) is 5.39 Å². The van der Waals surface area contributed by atoms with Crippen LogP contribution in [0.4, 0.5) is 5.82 Å². The van der Waals surface area contributed by atoms with Crippen LogP contribution in [0.15, 0.2) is 0 Å². The number of aromatic nitrogens is 2. The molecule has 2 aromatic rings. The zero-order chi connectivity index (χ0) is 21.0. The van der Waals surface area contributed by atoms with Crippen LogP contribution in [-0.4, -0.2) is 47.0 Å². The zero-order valence-electron chi connectivity index (χ0n) is 18.8. The molecule has 0 radical (unpaired) electrons. The lowest BCUT2D eigenvalue weighted by molar-refractivity contribution is -0.133. The molecular formula is C24H34N4OS. The molecule has 5 rings (SSSR count). The maximum Gasteiger partial charge on any atom is 0.223 e. The van der Waals surface area contributed by atoms with Crippen molar-refractivity contribution < 1.29 is 4.79 Å². The summed E-state index contributed by atoms with van der Waals surface area (Å²) >= 11 is 1.91. The van der Waals surface area contributed by atoms with E-state index in [1.54, 1.807) is 0 Å². The van der Waals surface area contributed by atoms with Crippen LogP contribution in [0.1, 0.15) is 75.6 Å². The summed E-state index contributed by atoms with van der Waals surface area (Å²) in [7, 11) is 0. The largest absolute Gasteiger partial charge is 0.352 e. The predicted molar refractivity (Wildman–Crippen MR) is 123 cm³/mol. The van der Waals surface area contributed by atoms with Crippen molar-refractivity contribution in [1.82, 2.24) is 14.9 Å². The lowest BCUT2D eigenvalue weighted by atomic mass is 9.89. The van der Waals surface area contributed by atoms with Crippen molar-refractivity contribution in [3.63, 3.8) is 0 Å². The molecule has 0 aromatic carbocycles. The molecule has 6 heteroatoms. The highest BCUT2D eigenvalue weighted by Crippen LogP contribution is 2.44. The van der Waals surface area contributed by atoms with Crippen LogP contribution in [0.3, 0.4) is 0 Å². The van der Waals surface area contributed by atoms with Crippen LogP contribution < -0.4 is 4.90 Å². The highest BCUT2D eigenvalue weighted by molar-refractivity contribution is 7.19. The Hall–Kier alpha value is -1.69. The van der Waals surface area contributed by atoms with Crippen LogP contribution in [0, 0.1) is 11.3 Å². The predicted octanol–water partition coefficient (Wildman–Crippen LogP) is 4.78. The molecule has 3 aliphatic rings. The third-order valence-electron chi connectivity index (χ3n) is 6.71. The van der Waals surface area contributed by atoms with Gasteiger partial charge in [-0.25, -0.2) is 9.97 Å². The Bertz CT molecular complexity index is 964. The van der Waals surface area contributed by atoms with E-state index in [1.165, 1.54) is 46.3 Å². The second kappa shape index (κ2) is 7.47. The molecule has 0 spiro atoms. The first-order valence-electron chi connectivity index (χ1n) is 11.6. The van der Waals surface area contributed by atoms with Gasteiger partial charge in [-0.2, -0.15) is 0 Å². The van der Waals surface area contributed by atoms with Gasteiger partial charge in [-0.3, -0.25) is 4.79 Å². The van der Waals surface area contributed by atoms with Gasteiger partial charge in [0.15, 0.2) is 0 Å². The monoisotopic (exact) mass is 426 g/mol. The molecule has 2 fully saturated rings. The fraction of sp³-hybridized carbons (Fsp3) is 0.708. The van der Waals surface area contributed by atoms with E-state index in [9.17, 15) is 4.79 Å². The average molecular weight is 427 g/mol. The number of carbonyl (C=O) groups excluding carboxylic acids is 1. The molecule has 1 atom stereocenters. The van der Waals surface area contributed by atoms with E-state index < -0.39 is 0 Å². The van der Waals surface area contributed by atoms with Crippen molar-refractivity contribution >= 4 is 33.3 Å². The Balaban J connectivity index is 1.43. The standard InChI is InChI=1S/C24H34N4OS/c1-15-5-8-17-18(13-15)30-23-20(17)22(25-21(26-23)16-6-7-16)28-11-9-27(10-12-28)19(29)14-24(2,3)4/h15-16H,5-14H2,1-4H3/t15-/m0/s1. The van der Waals surface area contributed by atoms with E-state index in [0.717, 1.165) is 50.2 Å². The molecule has 1 saturated heterocycles. The number of hydrogen-bond acceptors (Lipinski definition) is 5. The second-order valence-corrected chi connectivity index (χ2v) is 11.9. The van der Waals surface area contributed by atoms with E-state index in [0.29, 0.717) is 12.3 Å². The van der Waals surface area contributed by atoms with E-state index in [-0.39, 0.29) is 11.3 Å². The van der Waals surface area contributed by atoms with Gasteiger partial charge >= 0.3 is 0 Å². The lowest BCUT2D eigenvalue weighted by Crippen LogP contribution is -2.49. The van der Waals surface area contributed by atoms with E-state index in [1.807, 2.05) is 16.2 Å². The Kier molecular flexibility index (Phi) is 5.04. The summed E-state index contributed by atoms with van der Waals surface area (Å²) in [4.78, 5) is 30.1. The molecule has 2 aromatic heterocycles. The summed E-state index contributed by atoms with van der Waals surface area (Å²) < 4.78 is 0. The van der Waals surface area contributed by atoms with Gasteiger partial charge in [0.1, 0.15) is 16.5 Å². The summed E-state index contributed by atoms with van der Waals surface area (Å²) in [6.45, 7) is 12.1. The number of thiophene rings is 1. The minimum absolute atomic E-state index is 0.0408. The van der Waals surface area contributed by atoms with E-state index in [2.05, 4.69) is 32.6 Å². The number of fused-ring (bicyclic) bond motifs is 3. The molecule has 1 amide bonds. The molecule has 0 N–H and O–H groups in total. The number of carbonyl (C=O) groups is 1. The quantitative estimate of drug-likeness (QED) is 0.709. The number of hydrogen-bond donors (Lipinski definition) is 0. The summed E-state index contributed by atoms with van der Waals surface area (Å²) in [5.41, 5.74) is 1.55. The first kappa shape index (κ1) is 20.2. The molecule has 0 unspecified atom stereocenters. The number of nitrogens with zero attached hydrogens (tertiary/aromatic N) is 4. The fourth-order valence-corrected chi connectivity index (χ4v) is 6.21. The first-order chi connectivity index (χ1) is 14.3. The zero-order valence-corrected chi connectivity index (χ0v) is 19.6. The number of piperazine rings is 1.